The molecular formula is C14H10N6O3. The Balaban J connectivity index is 2.33. The summed E-state index contributed by atoms with van der Waals surface area (Å²) in [5.41, 5.74) is 7.18. The number of aromatic nitrogens is 4. The molecule has 0 aliphatic heterocycles. The van der Waals surface area contributed by atoms with Crippen LogP contribution in [0.1, 0.15) is 15.9 Å². The molecule has 0 aliphatic rings. The molecule has 0 unspecified atom stereocenters. The van der Waals surface area contributed by atoms with E-state index in [1.807, 2.05) is 6.07 Å². The maximum Gasteiger partial charge on any atom is 0.341 e. The van der Waals surface area contributed by atoms with E-state index < -0.39 is 5.97 Å². The number of hydrogen-bond donors (Lipinski definition) is 2. The number of rotatable bonds is 3. The van der Waals surface area contributed by atoms with Gasteiger partial charge in [0.25, 0.3) is 0 Å². The quantitative estimate of drug-likeness (QED) is 0.728. The first kappa shape index (κ1) is 14.3. The van der Waals surface area contributed by atoms with Crippen molar-refractivity contribution in [2.45, 2.75) is 0 Å². The van der Waals surface area contributed by atoms with Gasteiger partial charge in [-0.25, -0.2) is 19.3 Å². The normalized spacial score (nSPS) is 10.4. The molecule has 0 radical (unpaired) electrons. The molecular weight excluding hydrogens is 300 g/mol. The Hall–Kier alpha value is -3.67. The van der Waals surface area contributed by atoms with Gasteiger partial charge in [0.1, 0.15) is 23.5 Å². The Morgan fingerprint density at radius 3 is 2.87 bits per heavy atom. The van der Waals surface area contributed by atoms with Gasteiger partial charge in [0.05, 0.1) is 18.4 Å². The molecule has 0 fully saturated rings. The Labute approximate surface area is 129 Å². The smallest absolute Gasteiger partial charge is 0.341 e. The predicted octanol–water partition coefficient (Wildman–Crippen LogP) is 0.952. The molecule has 0 aromatic carbocycles. The van der Waals surface area contributed by atoms with Crippen LogP contribution in [0.5, 0.6) is 5.88 Å². The Morgan fingerprint density at radius 2 is 2.22 bits per heavy atom. The molecule has 3 N–H and O–H groups in total. The number of ether oxygens (including phenoxy) is 1. The van der Waals surface area contributed by atoms with E-state index in [9.17, 15) is 15.2 Å². The number of anilines is 1. The van der Waals surface area contributed by atoms with Crippen molar-refractivity contribution >= 4 is 17.3 Å². The molecule has 114 valence electrons. The molecule has 9 heteroatoms. The maximum absolute atomic E-state index is 11.3. The summed E-state index contributed by atoms with van der Waals surface area (Å²) in [5, 5.41) is 22.7. The van der Waals surface area contributed by atoms with E-state index in [0.717, 1.165) is 0 Å². The lowest BCUT2D eigenvalue weighted by atomic mass is 10.1. The van der Waals surface area contributed by atoms with E-state index in [1.165, 1.54) is 36.3 Å². The topological polar surface area (TPSA) is 139 Å². The third kappa shape index (κ3) is 2.18. The maximum atomic E-state index is 11.3. The number of nitrogen functional groups attached to an aromatic ring is 1. The summed E-state index contributed by atoms with van der Waals surface area (Å²) in [6.07, 6.45) is 2.66. The minimum atomic E-state index is -1.19. The SMILES string of the molecule is COc1ncc(-c2c(C#N)cc3c(N)ncnn23)cc1C(=O)O. The minimum Gasteiger partial charge on any atom is -0.480 e. The fraction of sp³-hybridized carbons (Fsp3) is 0.0714. The predicted molar refractivity (Wildman–Crippen MR) is 78.9 cm³/mol. The first-order chi connectivity index (χ1) is 11.1. The average molecular weight is 310 g/mol. The highest BCUT2D eigenvalue weighted by atomic mass is 16.5. The number of aromatic carboxylic acids is 1. The first-order valence-electron chi connectivity index (χ1n) is 6.36. The Kier molecular flexibility index (Phi) is 3.27. The van der Waals surface area contributed by atoms with Crippen molar-refractivity contribution in [2.24, 2.45) is 0 Å². The number of nitriles is 1. The summed E-state index contributed by atoms with van der Waals surface area (Å²) >= 11 is 0. The van der Waals surface area contributed by atoms with Crippen LogP contribution in [-0.4, -0.2) is 37.8 Å². The summed E-state index contributed by atoms with van der Waals surface area (Å²) in [4.78, 5) is 19.2. The van der Waals surface area contributed by atoms with E-state index in [1.54, 1.807) is 0 Å². The van der Waals surface area contributed by atoms with Gasteiger partial charge in [-0.2, -0.15) is 10.4 Å². The van der Waals surface area contributed by atoms with Gasteiger partial charge in [-0.05, 0) is 12.1 Å². The van der Waals surface area contributed by atoms with Gasteiger partial charge in [0.2, 0.25) is 5.88 Å². The second kappa shape index (κ2) is 5.27. The molecule has 0 spiro atoms. The van der Waals surface area contributed by atoms with Crippen LogP contribution in [0.4, 0.5) is 5.82 Å². The number of carboxylic acid groups (broad SMARTS) is 1. The number of fused-ring (bicyclic) bond motifs is 1. The molecule has 0 aliphatic carbocycles. The number of methoxy groups -OCH3 is 1. The molecule has 9 nitrogen and oxygen atoms in total. The zero-order valence-electron chi connectivity index (χ0n) is 11.9. The van der Waals surface area contributed by atoms with E-state index in [0.29, 0.717) is 16.8 Å². The largest absolute Gasteiger partial charge is 0.480 e. The number of nitrogens with two attached hydrogens (primary N) is 1. The van der Waals surface area contributed by atoms with Crippen molar-refractivity contribution in [1.29, 1.82) is 5.26 Å². The van der Waals surface area contributed by atoms with Crippen molar-refractivity contribution in [1.82, 2.24) is 19.6 Å². The second-order valence-corrected chi connectivity index (χ2v) is 4.55. The van der Waals surface area contributed by atoms with Crippen LogP contribution >= 0.6 is 0 Å². The highest BCUT2D eigenvalue weighted by Gasteiger charge is 2.19. The molecule has 3 rings (SSSR count). The van der Waals surface area contributed by atoms with Gasteiger partial charge in [-0.1, -0.05) is 0 Å². The van der Waals surface area contributed by atoms with Crippen LogP contribution in [0.25, 0.3) is 16.8 Å². The van der Waals surface area contributed by atoms with Crippen LogP contribution in [0.3, 0.4) is 0 Å². The standard InChI is InChI=1S/C14H10N6O3/c1-23-13-9(14(21)22)2-8(5-17-13)11-7(4-15)3-10-12(16)18-6-19-20(10)11/h2-3,5-6H,1H3,(H,21,22)(H2,16,18,19). The fourth-order valence-corrected chi connectivity index (χ4v) is 2.27. The molecule has 3 aromatic rings. The van der Waals surface area contributed by atoms with E-state index in [4.69, 9.17) is 10.5 Å². The molecule has 0 amide bonds. The third-order valence-electron chi connectivity index (χ3n) is 3.27. The number of carbonyl (C=O) groups is 1. The number of nitrogens with zero attached hydrogens (tertiary/aromatic N) is 5. The fourth-order valence-electron chi connectivity index (χ4n) is 2.27. The van der Waals surface area contributed by atoms with Crippen molar-refractivity contribution in [2.75, 3.05) is 12.8 Å². The number of hydrogen-bond acceptors (Lipinski definition) is 7. The summed E-state index contributed by atoms with van der Waals surface area (Å²) < 4.78 is 6.36. The van der Waals surface area contributed by atoms with Gasteiger partial charge < -0.3 is 15.6 Å². The zero-order valence-corrected chi connectivity index (χ0v) is 11.9. The molecule has 0 atom stereocenters. The lowest BCUT2D eigenvalue weighted by Gasteiger charge is -2.07. The highest BCUT2D eigenvalue weighted by molar-refractivity contribution is 5.92. The number of pyridine rings is 1. The number of carboxylic acids is 1. The summed E-state index contributed by atoms with van der Waals surface area (Å²) in [6, 6.07) is 4.94. The monoisotopic (exact) mass is 310 g/mol. The van der Waals surface area contributed by atoms with Crippen LogP contribution < -0.4 is 10.5 Å². The van der Waals surface area contributed by atoms with Gasteiger partial charge in [-0.3, -0.25) is 0 Å². The van der Waals surface area contributed by atoms with Gasteiger partial charge in [0, 0.05) is 11.8 Å². The van der Waals surface area contributed by atoms with Gasteiger partial charge >= 0.3 is 5.97 Å². The lowest BCUT2D eigenvalue weighted by Crippen LogP contribution is -2.04. The summed E-state index contributed by atoms with van der Waals surface area (Å²) in [6.45, 7) is 0. The van der Waals surface area contributed by atoms with Crippen molar-refractivity contribution in [3.63, 3.8) is 0 Å². The van der Waals surface area contributed by atoms with Crippen LogP contribution in [0.2, 0.25) is 0 Å². The Bertz CT molecular complexity index is 973. The van der Waals surface area contributed by atoms with Crippen molar-refractivity contribution in [3.05, 3.63) is 35.8 Å². The molecule has 0 saturated heterocycles. The van der Waals surface area contributed by atoms with Crippen LogP contribution in [-0.2, 0) is 0 Å². The molecule has 23 heavy (non-hydrogen) atoms. The van der Waals surface area contributed by atoms with Crippen molar-refractivity contribution < 1.29 is 14.6 Å². The molecule has 3 heterocycles. The van der Waals surface area contributed by atoms with Crippen LogP contribution in [0, 0.1) is 11.3 Å². The lowest BCUT2D eigenvalue weighted by molar-refractivity contribution is 0.0692. The minimum absolute atomic E-state index is 0.0187. The second-order valence-electron chi connectivity index (χ2n) is 4.55. The zero-order chi connectivity index (χ0) is 16.6. The molecule has 0 saturated carbocycles. The van der Waals surface area contributed by atoms with E-state index in [2.05, 4.69) is 15.1 Å². The first-order valence-corrected chi connectivity index (χ1v) is 6.36. The van der Waals surface area contributed by atoms with Gasteiger partial charge in [0.15, 0.2) is 5.82 Å². The highest BCUT2D eigenvalue weighted by Crippen LogP contribution is 2.30. The average Bonchev–Trinajstić information content (AvgIpc) is 2.94. The van der Waals surface area contributed by atoms with Gasteiger partial charge in [-0.15, -0.1) is 0 Å². The van der Waals surface area contributed by atoms with E-state index >= 15 is 0 Å². The van der Waals surface area contributed by atoms with Crippen molar-refractivity contribution in [3.8, 4) is 23.2 Å². The van der Waals surface area contributed by atoms with Crippen LogP contribution in [0.15, 0.2) is 24.7 Å². The summed E-state index contributed by atoms with van der Waals surface area (Å²) in [7, 11) is 1.33. The third-order valence-corrected chi connectivity index (χ3v) is 3.27. The molecule has 0 bridgehead atoms. The Morgan fingerprint density at radius 1 is 1.43 bits per heavy atom. The summed E-state index contributed by atoms with van der Waals surface area (Å²) in [5.74, 6) is -0.998. The van der Waals surface area contributed by atoms with E-state index in [-0.39, 0.29) is 22.8 Å². The molecule has 3 aromatic heterocycles.